The van der Waals surface area contributed by atoms with E-state index < -0.39 is 21.9 Å². The Bertz CT molecular complexity index is 919. The summed E-state index contributed by atoms with van der Waals surface area (Å²) in [5, 5.41) is -0.221. The van der Waals surface area contributed by atoms with Crippen molar-refractivity contribution in [2.75, 3.05) is 20.8 Å². The summed E-state index contributed by atoms with van der Waals surface area (Å²) in [4.78, 5) is -0.0299. The molecule has 140 valence electrons. The van der Waals surface area contributed by atoms with Gasteiger partial charge in [-0.1, -0.05) is 11.6 Å². The molecule has 1 saturated heterocycles. The molecule has 3 rings (SSSR count). The fourth-order valence-corrected chi connectivity index (χ4v) is 5.16. The van der Waals surface area contributed by atoms with E-state index in [1.54, 1.807) is 32.4 Å². The van der Waals surface area contributed by atoms with E-state index in [9.17, 15) is 12.8 Å². The molecular formula is C18H19ClFNO4S. The van der Waals surface area contributed by atoms with Gasteiger partial charge in [0.1, 0.15) is 17.3 Å². The molecule has 5 nitrogen and oxygen atoms in total. The number of hydrogen-bond acceptors (Lipinski definition) is 4. The highest BCUT2D eigenvalue weighted by Crippen LogP contribution is 2.41. The number of hydrogen-bond donors (Lipinski definition) is 0. The molecule has 0 amide bonds. The monoisotopic (exact) mass is 399 g/mol. The van der Waals surface area contributed by atoms with Crippen LogP contribution in [0, 0.1) is 5.82 Å². The summed E-state index contributed by atoms with van der Waals surface area (Å²) in [6.45, 7) is 0.363. The number of nitrogens with zero attached hydrogens (tertiary/aromatic N) is 1. The topological polar surface area (TPSA) is 55.8 Å². The fourth-order valence-electron chi connectivity index (χ4n) is 3.21. The number of benzene rings is 2. The Hall–Kier alpha value is -1.83. The largest absolute Gasteiger partial charge is 0.497 e. The molecule has 0 radical (unpaired) electrons. The maximum Gasteiger partial charge on any atom is 0.243 e. The standard InChI is InChI=1S/C18H19ClFNO4S/c1-24-12-5-8-18(25-2)14(10-12)17-4-3-9-21(17)26(22,23)13-6-7-16(20)15(19)11-13/h5-8,10-11,17H,3-4,9H2,1-2H3/t17-/m0/s1. The van der Waals surface area contributed by atoms with Crippen molar-refractivity contribution in [3.8, 4) is 11.5 Å². The highest BCUT2D eigenvalue weighted by molar-refractivity contribution is 7.89. The lowest BCUT2D eigenvalue weighted by atomic mass is 10.0. The molecule has 1 aliphatic heterocycles. The van der Waals surface area contributed by atoms with Gasteiger partial charge in [0.05, 0.1) is 30.2 Å². The Kier molecular flexibility index (Phi) is 5.41. The minimum absolute atomic E-state index is 0.0299. The second kappa shape index (κ2) is 7.42. The summed E-state index contributed by atoms with van der Waals surface area (Å²) in [5.74, 6) is 0.558. The van der Waals surface area contributed by atoms with Crippen molar-refractivity contribution in [3.63, 3.8) is 0 Å². The van der Waals surface area contributed by atoms with Gasteiger partial charge in [-0.15, -0.1) is 0 Å². The Balaban J connectivity index is 2.04. The SMILES string of the molecule is COc1ccc(OC)c([C@@H]2CCCN2S(=O)(=O)c2ccc(F)c(Cl)c2)c1. The minimum Gasteiger partial charge on any atom is -0.497 e. The summed E-state index contributed by atoms with van der Waals surface area (Å²) in [6.07, 6.45) is 1.36. The number of halogens is 2. The summed E-state index contributed by atoms with van der Waals surface area (Å²) >= 11 is 5.77. The molecule has 1 atom stereocenters. The van der Waals surface area contributed by atoms with E-state index in [-0.39, 0.29) is 9.92 Å². The van der Waals surface area contributed by atoms with Crippen LogP contribution in [0.1, 0.15) is 24.4 Å². The van der Waals surface area contributed by atoms with Crippen molar-refractivity contribution in [2.45, 2.75) is 23.8 Å². The maximum absolute atomic E-state index is 13.4. The lowest BCUT2D eigenvalue weighted by molar-refractivity contribution is 0.361. The van der Waals surface area contributed by atoms with Crippen LogP contribution in [0.4, 0.5) is 4.39 Å². The molecule has 0 N–H and O–H groups in total. The molecule has 8 heteroatoms. The third-order valence-electron chi connectivity index (χ3n) is 4.50. The second-order valence-corrected chi connectivity index (χ2v) is 8.26. The van der Waals surface area contributed by atoms with Crippen molar-refractivity contribution in [1.29, 1.82) is 0 Å². The quantitative estimate of drug-likeness (QED) is 0.761. The Morgan fingerprint density at radius 2 is 1.92 bits per heavy atom. The van der Waals surface area contributed by atoms with Gasteiger partial charge in [0.15, 0.2) is 0 Å². The van der Waals surface area contributed by atoms with Crippen LogP contribution in [0.15, 0.2) is 41.3 Å². The van der Waals surface area contributed by atoms with E-state index in [4.69, 9.17) is 21.1 Å². The average Bonchev–Trinajstić information content (AvgIpc) is 3.13. The van der Waals surface area contributed by atoms with Crippen molar-refractivity contribution in [1.82, 2.24) is 4.31 Å². The first-order valence-electron chi connectivity index (χ1n) is 8.07. The van der Waals surface area contributed by atoms with Gasteiger partial charge in [-0.2, -0.15) is 4.31 Å². The summed E-state index contributed by atoms with van der Waals surface area (Å²) in [7, 11) is -0.743. The van der Waals surface area contributed by atoms with Crippen molar-refractivity contribution in [2.24, 2.45) is 0 Å². The zero-order valence-electron chi connectivity index (χ0n) is 14.4. The first-order chi connectivity index (χ1) is 12.4. The predicted molar refractivity (Wildman–Crippen MR) is 96.8 cm³/mol. The maximum atomic E-state index is 13.4. The molecule has 2 aromatic carbocycles. The Morgan fingerprint density at radius 3 is 2.58 bits per heavy atom. The fraction of sp³-hybridized carbons (Fsp3) is 0.333. The highest BCUT2D eigenvalue weighted by Gasteiger charge is 2.38. The molecule has 0 spiro atoms. The van der Waals surface area contributed by atoms with Crippen molar-refractivity contribution < 1.29 is 22.3 Å². The van der Waals surface area contributed by atoms with Crippen LogP contribution in [-0.2, 0) is 10.0 Å². The Morgan fingerprint density at radius 1 is 1.15 bits per heavy atom. The zero-order valence-corrected chi connectivity index (χ0v) is 16.0. The molecule has 1 aliphatic rings. The van der Waals surface area contributed by atoms with Gasteiger partial charge in [-0.3, -0.25) is 0 Å². The average molecular weight is 400 g/mol. The molecule has 0 aliphatic carbocycles. The van der Waals surface area contributed by atoms with Gasteiger partial charge in [-0.05, 0) is 49.2 Å². The van der Waals surface area contributed by atoms with Crippen molar-refractivity contribution >= 4 is 21.6 Å². The zero-order chi connectivity index (χ0) is 18.9. The number of ether oxygens (including phenoxy) is 2. The molecule has 26 heavy (non-hydrogen) atoms. The van der Waals surface area contributed by atoms with E-state index in [1.807, 2.05) is 0 Å². The van der Waals surface area contributed by atoms with Crippen LogP contribution >= 0.6 is 11.6 Å². The van der Waals surface area contributed by atoms with E-state index in [0.29, 0.717) is 30.9 Å². The number of sulfonamides is 1. The predicted octanol–water partition coefficient (Wildman–Crippen LogP) is 4.02. The molecule has 0 aromatic heterocycles. The van der Waals surface area contributed by atoms with Crippen LogP contribution in [0.3, 0.4) is 0 Å². The summed E-state index contributed by atoms with van der Waals surface area (Å²) < 4.78 is 51.7. The molecule has 0 bridgehead atoms. The Labute approximate surface area is 157 Å². The third-order valence-corrected chi connectivity index (χ3v) is 6.69. The van der Waals surface area contributed by atoms with E-state index in [1.165, 1.54) is 10.4 Å². The van der Waals surface area contributed by atoms with Gasteiger partial charge < -0.3 is 9.47 Å². The lowest BCUT2D eigenvalue weighted by Crippen LogP contribution is -2.31. The summed E-state index contributed by atoms with van der Waals surface area (Å²) in [5.41, 5.74) is 0.737. The number of rotatable bonds is 5. The number of methoxy groups -OCH3 is 2. The van der Waals surface area contributed by atoms with E-state index in [0.717, 1.165) is 17.7 Å². The minimum atomic E-state index is -3.83. The highest BCUT2D eigenvalue weighted by atomic mass is 35.5. The van der Waals surface area contributed by atoms with Crippen molar-refractivity contribution in [3.05, 3.63) is 52.8 Å². The van der Waals surface area contributed by atoms with Crippen LogP contribution in [-0.4, -0.2) is 33.5 Å². The van der Waals surface area contributed by atoms with E-state index in [2.05, 4.69) is 0 Å². The first kappa shape index (κ1) is 18.9. The normalized spacial score (nSPS) is 18.1. The molecule has 0 unspecified atom stereocenters. The molecule has 2 aromatic rings. The molecule has 0 saturated carbocycles. The van der Waals surface area contributed by atoms with Crippen LogP contribution in [0.5, 0.6) is 11.5 Å². The molecular weight excluding hydrogens is 381 g/mol. The van der Waals surface area contributed by atoms with Gasteiger partial charge >= 0.3 is 0 Å². The lowest BCUT2D eigenvalue weighted by Gasteiger charge is -2.26. The molecule has 1 heterocycles. The van der Waals surface area contributed by atoms with Gasteiger partial charge in [0, 0.05) is 12.1 Å². The third kappa shape index (κ3) is 3.39. The van der Waals surface area contributed by atoms with E-state index >= 15 is 0 Å². The smallest absolute Gasteiger partial charge is 0.243 e. The van der Waals surface area contributed by atoms with Crippen LogP contribution in [0.2, 0.25) is 5.02 Å². The first-order valence-corrected chi connectivity index (χ1v) is 9.89. The second-order valence-electron chi connectivity index (χ2n) is 5.96. The van der Waals surface area contributed by atoms with Gasteiger partial charge in [0.25, 0.3) is 0 Å². The van der Waals surface area contributed by atoms with Gasteiger partial charge in [0.2, 0.25) is 10.0 Å². The van der Waals surface area contributed by atoms with Crippen LogP contribution < -0.4 is 9.47 Å². The van der Waals surface area contributed by atoms with Crippen LogP contribution in [0.25, 0.3) is 0 Å². The summed E-state index contributed by atoms with van der Waals surface area (Å²) in [6, 6.07) is 8.34. The molecule has 1 fully saturated rings. The van der Waals surface area contributed by atoms with Gasteiger partial charge in [-0.25, -0.2) is 12.8 Å².